The van der Waals surface area contributed by atoms with Gasteiger partial charge in [0.1, 0.15) is 16.2 Å². The van der Waals surface area contributed by atoms with Crippen LogP contribution < -0.4 is 5.32 Å². The highest BCUT2D eigenvalue weighted by Gasteiger charge is 2.29. The van der Waals surface area contributed by atoms with E-state index < -0.39 is 5.60 Å². The van der Waals surface area contributed by atoms with Crippen LogP contribution in [0.1, 0.15) is 39.9 Å². The zero-order valence-electron chi connectivity index (χ0n) is 12.0. The van der Waals surface area contributed by atoms with Crippen LogP contribution in [0, 0.1) is 0 Å². The molecule has 2 aromatic heterocycles. The topological polar surface area (TPSA) is 47.0 Å². The second kappa shape index (κ2) is 5.84. The highest BCUT2D eigenvalue weighted by Crippen LogP contribution is 2.31. The summed E-state index contributed by atoms with van der Waals surface area (Å²) >= 11 is 1.64. The Morgan fingerprint density at radius 3 is 2.74 bits per heavy atom. The van der Waals surface area contributed by atoms with Crippen LogP contribution in [-0.4, -0.2) is 23.1 Å². The maximum Gasteiger partial charge on any atom is 0.163 e. The lowest BCUT2D eigenvalue weighted by atomic mass is 10.0. The van der Waals surface area contributed by atoms with Crippen molar-refractivity contribution in [3.05, 3.63) is 17.3 Å². The summed E-state index contributed by atoms with van der Waals surface area (Å²) in [6, 6.07) is 2.06. The molecule has 5 heteroatoms. The molecule has 0 spiro atoms. The predicted octanol–water partition coefficient (Wildman–Crippen LogP) is 3.78. The Hall–Kier alpha value is -1.20. The van der Waals surface area contributed by atoms with Crippen LogP contribution in [0.5, 0.6) is 0 Å². The van der Waals surface area contributed by atoms with Crippen molar-refractivity contribution in [1.29, 1.82) is 0 Å². The summed E-state index contributed by atoms with van der Waals surface area (Å²) < 4.78 is 5.88. The van der Waals surface area contributed by atoms with E-state index in [1.165, 1.54) is 0 Å². The molecule has 0 aromatic carbocycles. The van der Waals surface area contributed by atoms with Gasteiger partial charge < -0.3 is 10.1 Å². The summed E-state index contributed by atoms with van der Waals surface area (Å²) in [7, 11) is 0. The minimum atomic E-state index is -0.420. The first-order valence-corrected chi connectivity index (χ1v) is 7.66. The van der Waals surface area contributed by atoms with Crippen molar-refractivity contribution in [2.45, 2.75) is 39.7 Å². The van der Waals surface area contributed by atoms with Crippen LogP contribution in [0.4, 0.5) is 5.82 Å². The number of hydrogen-bond acceptors (Lipinski definition) is 5. The van der Waals surface area contributed by atoms with Crippen molar-refractivity contribution in [3.8, 4) is 0 Å². The lowest BCUT2D eigenvalue weighted by Gasteiger charge is -2.26. The van der Waals surface area contributed by atoms with Crippen molar-refractivity contribution in [2.75, 3.05) is 18.5 Å². The Balaban J connectivity index is 2.53. The third-order valence-corrected chi connectivity index (χ3v) is 4.09. The average Bonchev–Trinajstić information content (AvgIpc) is 2.87. The molecule has 19 heavy (non-hydrogen) atoms. The minimum absolute atomic E-state index is 0.420. The van der Waals surface area contributed by atoms with E-state index in [1.54, 1.807) is 11.3 Å². The van der Waals surface area contributed by atoms with E-state index in [2.05, 4.69) is 42.1 Å². The molecule has 0 saturated carbocycles. The third kappa shape index (κ3) is 2.72. The molecule has 0 fully saturated rings. The fourth-order valence-corrected chi connectivity index (χ4v) is 2.80. The largest absolute Gasteiger partial charge is 0.370 e. The van der Waals surface area contributed by atoms with Gasteiger partial charge in [-0.15, -0.1) is 11.3 Å². The van der Waals surface area contributed by atoms with Crippen molar-refractivity contribution in [2.24, 2.45) is 0 Å². The molecule has 2 aromatic rings. The van der Waals surface area contributed by atoms with E-state index in [0.717, 1.165) is 34.8 Å². The molecule has 0 amide bonds. The molecular formula is C14H21N3OS. The Labute approximate surface area is 118 Å². The van der Waals surface area contributed by atoms with Gasteiger partial charge in [-0.1, -0.05) is 6.92 Å². The number of rotatable bonds is 6. The molecular weight excluding hydrogens is 258 g/mol. The van der Waals surface area contributed by atoms with Crippen molar-refractivity contribution >= 4 is 27.4 Å². The van der Waals surface area contributed by atoms with Crippen LogP contribution in [0.25, 0.3) is 10.2 Å². The third-order valence-electron chi connectivity index (χ3n) is 3.28. The van der Waals surface area contributed by atoms with E-state index in [1.807, 2.05) is 12.3 Å². The highest BCUT2D eigenvalue weighted by molar-refractivity contribution is 7.16. The van der Waals surface area contributed by atoms with Gasteiger partial charge in [0.05, 0.1) is 5.39 Å². The van der Waals surface area contributed by atoms with Crippen LogP contribution in [0.2, 0.25) is 0 Å². The van der Waals surface area contributed by atoms with Gasteiger partial charge in [-0.05, 0) is 38.6 Å². The molecule has 2 rings (SSSR count). The molecule has 1 N–H and O–H groups in total. The predicted molar refractivity (Wildman–Crippen MR) is 80.8 cm³/mol. The van der Waals surface area contributed by atoms with Gasteiger partial charge in [-0.25, -0.2) is 9.97 Å². The molecule has 0 saturated heterocycles. The minimum Gasteiger partial charge on any atom is -0.370 e. The van der Waals surface area contributed by atoms with Gasteiger partial charge in [0.15, 0.2) is 5.82 Å². The summed E-state index contributed by atoms with van der Waals surface area (Å²) in [6.45, 7) is 9.74. The number of ether oxygens (including phenoxy) is 1. The summed E-state index contributed by atoms with van der Waals surface area (Å²) in [6.07, 6.45) is 0.850. The molecule has 4 nitrogen and oxygen atoms in total. The maximum atomic E-state index is 5.88. The number of fused-ring (bicyclic) bond motifs is 1. The quantitative estimate of drug-likeness (QED) is 0.874. The first-order valence-electron chi connectivity index (χ1n) is 6.78. The summed E-state index contributed by atoms with van der Waals surface area (Å²) in [4.78, 5) is 10.4. The second-order valence-corrected chi connectivity index (χ2v) is 5.48. The van der Waals surface area contributed by atoms with E-state index in [-0.39, 0.29) is 0 Å². The summed E-state index contributed by atoms with van der Waals surface area (Å²) in [5.41, 5.74) is -0.420. The van der Waals surface area contributed by atoms with Crippen molar-refractivity contribution in [3.63, 3.8) is 0 Å². The number of hydrogen-bond donors (Lipinski definition) is 1. The lowest BCUT2D eigenvalue weighted by molar-refractivity contribution is -0.0386. The first-order chi connectivity index (χ1) is 9.14. The molecule has 2 heterocycles. The summed E-state index contributed by atoms with van der Waals surface area (Å²) in [5, 5.41) is 6.45. The van der Waals surface area contributed by atoms with E-state index in [9.17, 15) is 0 Å². The van der Waals surface area contributed by atoms with Gasteiger partial charge in [-0.2, -0.15) is 0 Å². The normalized spacial score (nSPS) is 14.5. The fraction of sp³-hybridized carbons (Fsp3) is 0.571. The van der Waals surface area contributed by atoms with Gasteiger partial charge in [0.2, 0.25) is 0 Å². The van der Waals surface area contributed by atoms with Crippen molar-refractivity contribution < 1.29 is 4.74 Å². The van der Waals surface area contributed by atoms with E-state index >= 15 is 0 Å². The Bertz CT molecular complexity index is 555. The number of thiophene rings is 1. The maximum absolute atomic E-state index is 5.88. The Kier molecular flexibility index (Phi) is 4.37. The van der Waals surface area contributed by atoms with Gasteiger partial charge in [-0.3, -0.25) is 0 Å². The number of aromatic nitrogens is 2. The van der Waals surface area contributed by atoms with Gasteiger partial charge in [0, 0.05) is 13.2 Å². The Morgan fingerprint density at radius 2 is 2.11 bits per heavy atom. The fourth-order valence-electron chi connectivity index (χ4n) is 2.04. The molecule has 0 aliphatic rings. The first kappa shape index (κ1) is 14.2. The number of anilines is 1. The molecule has 0 aliphatic heterocycles. The Morgan fingerprint density at radius 1 is 1.32 bits per heavy atom. The standard InChI is InChI=1S/C14H21N3OS/c1-5-14(4,18-7-3)13-16-11(15-6-2)10-8-9-19-12(10)17-13/h8-9H,5-7H2,1-4H3,(H,15,16,17). The second-order valence-electron chi connectivity index (χ2n) is 4.58. The molecule has 1 atom stereocenters. The zero-order chi connectivity index (χ0) is 13.9. The van der Waals surface area contributed by atoms with E-state index in [0.29, 0.717) is 6.61 Å². The van der Waals surface area contributed by atoms with Crippen molar-refractivity contribution in [1.82, 2.24) is 9.97 Å². The van der Waals surface area contributed by atoms with Gasteiger partial charge in [0.25, 0.3) is 0 Å². The molecule has 0 radical (unpaired) electrons. The molecule has 1 unspecified atom stereocenters. The number of nitrogens with zero attached hydrogens (tertiary/aromatic N) is 2. The van der Waals surface area contributed by atoms with Gasteiger partial charge >= 0.3 is 0 Å². The van der Waals surface area contributed by atoms with Crippen LogP contribution in [-0.2, 0) is 10.3 Å². The molecule has 0 aliphatic carbocycles. The zero-order valence-corrected chi connectivity index (χ0v) is 12.8. The number of nitrogens with one attached hydrogen (secondary N) is 1. The smallest absolute Gasteiger partial charge is 0.163 e. The lowest BCUT2D eigenvalue weighted by Crippen LogP contribution is -2.28. The van der Waals surface area contributed by atoms with Crippen LogP contribution in [0.15, 0.2) is 11.4 Å². The van der Waals surface area contributed by atoms with Crippen LogP contribution in [0.3, 0.4) is 0 Å². The summed E-state index contributed by atoms with van der Waals surface area (Å²) in [5.74, 6) is 1.67. The highest BCUT2D eigenvalue weighted by atomic mass is 32.1. The SMILES string of the molecule is CCNc1nc(C(C)(CC)OCC)nc2sccc12. The molecule has 0 bridgehead atoms. The van der Waals surface area contributed by atoms with Crippen LogP contribution >= 0.6 is 11.3 Å². The average molecular weight is 279 g/mol. The molecule has 104 valence electrons. The monoisotopic (exact) mass is 279 g/mol. The van der Waals surface area contributed by atoms with E-state index in [4.69, 9.17) is 4.74 Å².